The minimum Gasteiger partial charge on any atom is -0.478 e. The normalized spacial score (nSPS) is 11.0. The molecule has 0 saturated carbocycles. The van der Waals surface area contributed by atoms with Gasteiger partial charge < -0.3 is 15.1 Å². The number of nitrogens with zero attached hydrogens (tertiary/aromatic N) is 1. The second-order valence-electron chi connectivity index (χ2n) is 6.47. The van der Waals surface area contributed by atoms with Gasteiger partial charge in [-0.3, -0.25) is 4.79 Å². The van der Waals surface area contributed by atoms with Crippen LogP contribution in [0.5, 0.6) is 0 Å². The predicted molar refractivity (Wildman–Crippen MR) is 102 cm³/mol. The van der Waals surface area contributed by atoms with Gasteiger partial charge in [-0.1, -0.05) is 5.18 Å². The SMILES string of the molecule is CC(C)(CN=O)C(=O)Nc1ccc(SNc2cc(F)c(C(=O)O)cc2F)cc1. The van der Waals surface area contributed by atoms with Gasteiger partial charge in [0.15, 0.2) is 0 Å². The fraction of sp³-hybridized carbons (Fsp3) is 0.222. The minimum atomic E-state index is -1.56. The minimum absolute atomic E-state index is 0.153. The molecule has 0 aliphatic carbocycles. The standard InChI is InChI=1S/C18H17F2N3O4S/c1-18(2,9-21-27)17(26)22-10-3-5-11(6-4-10)28-23-15-8-13(19)12(16(24)25)7-14(15)20/h3-8,23H,9H2,1-2H3,(H,22,26)(H,24,25). The second-order valence-corrected chi connectivity index (χ2v) is 7.35. The number of carboxylic acids is 1. The number of nitrogens with one attached hydrogen (secondary N) is 2. The molecule has 2 aromatic carbocycles. The molecular formula is C18H17F2N3O4S. The molecule has 0 fully saturated rings. The highest BCUT2D eigenvalue weighted by Crippen LogP contribution is 2.27. The molecule has 28 heavy (non-hydrogen) atoms. The molecule has 2 aromatic rings. The van der Waals surface area contributed by atoms with Crippen LogP contribution in [0.25, 0.3) is 0 Å². The van der Waals surface area contributed by atoms with E-state index in [1.165, 1.54) is 0 Å². The van der Waals surface area contributed by atoms with E-state index in [-0.39, 0.29) is 18.1 Å². The van der Waals surface area contributed by atoms with Crippen LogP contribution >= 0.6 is 11.9 Å². The van der Waals surface area contributed by atoms with Crippen molar-refractivity contribution in [1.29, 1.82) is 0 Å². The number of hydrogen-bond donors (Lipinski definition) is 3. The van der Waals surface area contributed by atoms with Crippen molar-refractivity contribution >= 4 is 35.2 Å². The van der Waals surface area contributed by atoms with E-state index in [4.69, 9.17) is 5.11 Å². The highest BCUT2D eigenvalue weighted by atomic mass is 32.2. The summed E-state index contributed by atoms with van der Waals surface area (Å²) in [6.45, 7) is 3.04. The number of nitroso groups, excluding NO2 is 1. The van der Waals surface area contributed by atoms with Crippen LogP contribution in [0.15, 0.2) is 46.5 Å². The van der Waals surface area contributed by atoms with E-state index >= 15 is 0 Å². The van der Waals surface area contributed by atoms with Crippen molar-refractivity contribution in [3.63, 3.8) is 0 Å². The van der Waals surface area contributed by atoms with E-state index in [2.05, 4.69) is 15.2 Å². The monoisotopic (exact) mass is 409 g/mol. The summed E-state index contributed by atoms with van der Waals surface area (Å²) in [7, 11) is 0. The smallest absolute Gasteiger partial charge is 0.338 e. The Morgan fingerprint density at radius 3 is 2.36 bits per heavy atom. The molecular weight excluding hydrogens is 392 g/mol. The zero-order valence-corrected chi connectivity index (χ0v) is 15.8. The van der Waals surface area contributed by atoms with Gasteiger partial charge in [-0.25, -0.2) is 13.6 Å². The van der Waals surface area contributed by atoms with E-state index in [0.29, 0.717) is 16.6 Å². The molecule has 0 aliphatic rings. The van der Waals surface area contributed by atoms with E-state index in [9.17, 15) is 23.3 Å². The Hall–Kier alpha value is -3.01. The number of halogens is 2. The van der Waals surface area contributed by atoms with Crippen LogP contribution in [0.2, 0.25) is 0 Å². The van der Waals surface area contributed by atoms with Gasteiger partial charge in [0.25, 0.3) is 0 Å². The van der Waals surface area contributed by atoms with Crippen molar-refractivity contribution < 1.29 is 23.5 Å². The number of rotatable bonds is 8. The van der Waals surface area contributed by atoms with Crippen molar-refractivity contribution in [2.75, 3.05) is 16.6 Å². The molecule has 10 heteroatoms. The largest absolute Gasteiger partial charge is 0.478 e. The Labute approximate surface area is 163 Å². The third-order valence-electron chi connectivity index (χ3n) is 3.75. The fourth-order valence-electron chi connectivity index (χ4n) is 2.04. The van der Waals surface area contributed by atoms with Gasteiger partial charge in [0.1, 0.15) is 11.6 Å². The quantitative estimate of drug-likeness (QED) is 0.437. The number of carboxylic acid groups (broad SMARTS) is 1. The molecule has 0 unspecified atom stereocenters. The summed E-state index contributed by atoms with van der Waals surface area (Å²) in [5.74, 6) is -3.87. The molecule has 1 amide bonds. The van der Waals surface area contributed by atoms with Gasteiger partial charge in [-0.2, -0.15) is 4.91 Å². The number of benzene rings is 2. The van der Waals surface area contributed by atoms with E-state index < -0.39 is 28.6 Å². The first-order valence-electron chi connectivity index (χ1n) is 8.00. The highest BCUT2D eigenvalue weighted by Gasteiger charge is 2.28. The molecule has 0 saturated heterocycles. The summed E-state index contributed by atoms with van der Waals surface area (Å²) in [6, 6.07) is 7.86. The van der Waals surface area contributed by atoms with Crippen LogP contribution in [0.1, 0.15) is 24.2 Å². The molecule has 148 valence electrons. The first-order chi connectivity index (χ1) is 13.1. The second kappa shape index (κ2) is 8.79. The summed E-state index contributed by atoms with van der Waals surface area (Å²) in [4.78, 5) is 33.9. The van der Waals surface area contributed by atoms with E-state index in [1.807, 2.05) is 0 Å². The Balaban J connectivity index is 2.02. The van der Waals surface area contributed by atoms with Gasteiger partial charge in [-0.15, -0.1) is 0 Å². The number of amides is 1. The topological polar surface area (TPSA) is 108 Å². The highest BCUT2D eigenvalue weighted by molar-refractivity contribution is 8.00. The van der Waals surface area contributed by atoms with Crippen molar-refractivity contribution in [2.45, 2.75) is 18.7 Å². The maximum atomic E-state index is 13.9. The molecule has 3 N–H and O–H groups in total. The number of carbonyl (C=O) groups excluding carboxylic acids is 1. The lowest BCUT2D eigenvalue weighted by atomic mass is 9.92. The van der Waals surface area contributed by atoms with Crippen molar-refractivity contribution in [3.8, 4) is 0 Å². The molecule has 0 heterocycles. The first kappa shape index (κ1) is 21.3. The van der Waals surface area contributed by atoms with E-state index in [0.717, 1.165) is 18.0 Å². The van der Waals surface area contributed by atoms with Crippen LogP contribution in [-0.4, -0.2) is 23.5 Å². The summed E-state index contributed by atoms with van der Waals surface area (Å²) >= 11 is 0.979. The molecule has 0 spiro atoms. The molecule has 7 nitrogen and oxygen atoms in total. The van der Waals surface area contributed by atoms with Gasteiger partial charge >= 0.3 is 5.97 Å². The number of carbonyl (C=O) groups is 2. The van der Waals surface area contributed by atoms with Crippen molar-refractivity contribution in [3.05, 3.63) is 58.5 Å². The molecule has 0 aliphatic heterocycles. The van der Waals surface area contributed by atoms with Gasteiger partial charge in [0, 0.05) is 16.6 Å². The lowest BCUT2D eigenvalue weighted by Crippen LogP contribution is -2.33. The van der Waals surface area contributed by atoms with Crippen LogP contribution in [0.4, 0.5) is 20.2 Å². The number of aromatic carboxylic acids is 1. The zero-order valence-electron chi connectivity index (χ0n) is 15.0. The molecule has 2 rings (SSSR count). The summed E-state index contributed by atoms with van der Waals surface area (Å²) in [5.41, 5.74) is -1.40. The summed E-state index contributed by atoms with van der Waals surface area (Å²) < 4.78 is 30.2. The van der Waals surface area contributed by atoms with Gasteiger partial charge in [0.05, 0.1) is 23.2 Å². The molecule has 0 aromatic heterocycles. The molecule has 0 bridgehead atoms. The molecule has 0 atom stereocenters. The summed E-state index contributed by atoms with van der Waals surface area (Å²) in [5, 5.41) is 14.2. The van der Waals surface area contributed by atoms with Crippen LogP contribution in [-0.2, 0) is 4.79 Å². The van der Waals surface area contributed by atoms with Gasteiger partial charge in [-0.05, 0) is 56.1 Å². The Bertz CT molecular complexity index is 904. The number of hydrogen-bond acceptors (Lipinski definition) is 6. The van der Waals surface area contributed by atoms with Crippen LogP contribution in [0.3, 0.4) is 0 Å². The maximum absolute atomic E-state index is 13.9. The summed E-state index contributed by atoms with van der Waals surface area (Å²) in [6.07, 6.45) is 0. The number of anilines is 2. The van der Waals surface area contributed by atoms with Crippen molar-refractivity contribution in [2.24, 2.45) is 10.6 Å². The predicted octanol–water partition coefficient (Wildman–Crippen LogP) is 4.51. The first-order valence-corrected chi connectivity index (χ1v) is 8.81. The average Bonchev–Trinajstić information content (AvgIpc) is 2.63. The Kier molecular flexibility index (Phi) is 6.68. The third kappa shape index (κ3) is 5.26. The molecule has 0 radical (unpaired) electrons. The third-order valence-corrected chi connectivity index (χ3v) is 4.58. The lowest BCUT2D eigenvalue weighted by molar-refractivity contribution is -0.123. The van der Waals surface area contributed by atoms with E-state index in [1.54, 1.807) is 38.1 Å². The Morgan fingerprint density at radius 2 is 1.79 bits per heavy atom. The maximum Gasteiger partial charge on any atom is 0.338 e. The lowest BCUT2D eigenvalue weighted by Gasteiger charge is -2.20. The average molecular weight is 409 g/mol. The van der Waals surface area contributed by atoms with Gasteiger partial charge in [0.2, 0.25) is 5.91 Å². The van der Waals surface area contributed by atoms with Crippen molar-refractivity contribution in [1.82, 2.24) is 0 Å². The zero-order chi connectivity index (χ0) is 20.9. The fourth-order valence-corrected chi connectivity index (χ4v) is 2.70. The Morgan fingerprint density at radius 1 is 1.14 bits per heavy atom. The van der Waals surface area contributed by atoms with Crippen LogP contribution < -0.4 is 10.0 Å². The van der Waals surface area contributed by atoms with Crippen LogP contribution in [0, 0.1) is 22.0 Å².